The van der Waals surface area contributed by atoms with Crippen LogP contribution in [0, 0.1) is 15.9 Å². The van der Waals surface area contributed by atoms with E-state index in [1.807, 2.05) is 0 Å². The van der Waals surface area contributed by atoms with Gasteiger partial charge in [-0.15, -0.1) is 0 Å². The molecule has 27 heavy (non-hydrogen) atoms. The molecular formula is C18H11FN4O4. The van der Waals surface area contributed by atoms with E-state index in [-0.39, 0.29) is 11.6 Å². The van der Waals surface area contributed by atoms with Gasteiger partial charge in [0.1, 0.15) is 16.3 Å². The first-order valence-electron chi connectivity index (χ1n) is 7.81. The molecule has 2 N–H and O–H groups in total. The highest BCUT2D eigenvalue weighted by molar-refractivity contribution is 6.11. The summed E-state index contributed by atoms with van der Waals surface area (Å²) in [6, 6.07) is 13.0. The summed E-state index contributed by atoms with van der Waals surface area (Å²) in [4.78, 5) is 30.0. The Morgan fingerprint density at radius 3 is 2.63 bits per heavy atom. The maximum absolute atomic E-state index is 13.0. The number of fused-ring (bicyclic) bond motifs is 1. The van der Waals surface area contributed by atoms with Gasteiger partial charge in [0.2, 0.25) is 0 Å². The van der Waals surface area contributed by atoms with Crippen LogP contribution in [0.5, 0.6) is 0 Å². The molecule has 0 fully saturated rings. The van der Waals surface area contributed by atoms with E-state index in [1.165, 1.54) is 36.4 Å². The lowest BCUT2D eigenvalue weighted by atomic mass is 10.1. The van der Waals surface area contributed by atoms with Crippen molar-refractivity contribution >= 4 is 28.5 Å². The van der Waals surface area contributed by atoms with Crippen LogP contribution in [0.2, 0.25) is 0 Å². The van der Waals surface area contributed by atoms with Gasteiger partial charge in [-0.05, 0) is 42.5 Å². The molecule has 9 heteroatoms. The van der Waals surface area contributed by atoms with Gasteiger partial charge >= 0.3 is 5.88 Å². The number of nitrogens with one attached hydrogen (secondary N) is 2. The number of H-pyrrole nitrogens is 1. The lowest BCUT2D eigenvalue weighted by molar-refractivity contribution is -0.401. The molecule has 0 aliphatic carbocycles. The minimum atomic E-state index is -0.645. The standard InChI is InChI=1S/C18H11FN4O4/c19-10-4-6-11(7-5-10)20-18(24)12-2-1-3-13-16(12)22-17(21-13)14-8-9-15(27-14)23(25)26/h1-9H,(H,20,24)(H,21,22). The number of nitro groups is 1. The highest BCUT2D eigenvalue weighted by Gasteiger charge is 2.18. The number of para-hydroxylation sites is 1. The number of imidazole rings is 1. The van der Waals surface area contributed by atoms with Crippen molar-refractivity contribution in [2.75, 3.05) is 5.32 Å². The zero-order valence-corrected chi connectivity index (χ0v) is 13.6. The SMILES string of the molecule is O=C(Nc1ccc(F)cc1)c1cccc2[nH]c(-c3ccc([N+](=O)[O-])o3)nc12. The van der Waals surface area contributed by atoms with E-state index in [1.54, 1.807) is 18.2 Å². The van der Waals surface area contributed by atoms with Crippen molar-refractivity contribution in [2.24, 2.45) is 0 Å². The van der Waals surface area contributed by atoms with Crippen LogP contribution in [0.25, 0.3) is 22.6 Å². The predicted octanol–water partition coefficient (Wildman–Crippen LogP) is 4.12. The molecule has 1 amide bonds. The van der Waals surface area contributed by atoms with Crippen LogP contribution in [0.1, 0.15) is 10.4 Å². The zero-order valence-electron chi connectivity index (χ0n) is 13.6. The Morgan fingerprint density at radius 2 is 1.93 bits per heavy atom. The number of rotatable bonds is 4. The first-order chi connectivity index (χ1) is 13.0. The highest BCUT2D eigenvalue weighted by atomic mass is 19.1. The third-order valence-corrected chi connectivity index (χ3v) is 3.86. The number of nitrogens with zero attached hydrogens (tertiary/aromatic N) is 2. The number of amides is 1. The Morgan fingerprint density at radius 1 is 1.15 bits per heavy atom. The van der Waals surface area contributed by atoms with E-state index in [9.17, 15) is 19.3 Å². The lowest BCUT2D eigenvalue weighted by Crippen LogP contribution is -2.12. The number of carbonyl (C=O) groups is 1. The quantitative estimate of drug-likeness (QED) is 0.416. The van der Waals surface area contributed by atoms with Crippen molar-refractivity contribution in [3.05, 3.63) is 76.1 Å². The largest absolute Gasteiger partial charge is 0.433 e. The fraction of sp³-hybridized carbons (Fsp3) is 0. The number of hydrogen-bond acceptors (Lipinski definition) is 5. The Labute approximate surface area is 150 Å². The molecule has 8 nitrogen and oxygen atoms in total. The van der Waals surface area contributed by atoms with Crippen molar-refractivity contribution in [1.82, 2.24) is 9.97 Å². The fourth-order valence-electron chi connectivity index (χ4n) is 2.62. The van der Waals surface area contributed by atoms with Crippen molar-refractivity contribution in [1.29, 1.82) is 0 Å². The number of halogens is 1. The average molecular weight is 366 g/mol. The van der Waals surface area contributed by atoms with Gasteiger partial charge in [0, 0.05) is 5.69 Å². The smallest absolute Gasteiger partial charge is 0.397 e. The van der Waals surface area contributed by atoms with Crippen LogP contribution in [-0.4, -0.2) is 20.8 Å². The van der Waals surface area contributed by atoms with Crippen LogP contribution < -0.4 is 5.32 Å². The molecule has 0 radical (unpaired) electrons. The molecule has 4 rings (SSSR count). The Kier molecular flexibility index (Phi) is 3.88. The van der Waals surface area contributed by atoms with Gasteiger partial charge in [0.25, 0.3) is 5.91 Å². The second-order valence-corrected chi connectivity index (χ2v) is 5.64. The van der Waals surface area contributed by atoms with Gasteiger partial charge in [-0.1, -0.05) is 6.07 Å². The normalized spacial score (nSPS) is 10.9. The summed E-state index contributed by atoms with van der Waals surface area (Å²) < 4.78 is 18.1. The lowest BCUT2D eigenvalue weighted by Gasteiger charge is -2.05. The van der Waals surface area contributed by atoms with E-state index in [4.69, 9.17) is 4.42 Å². The third kappa shape index (κ3) is 3.13. The molecule has 0 saturated heterocycles. The van der Waals surface area contributed by atoms with Crippen molar-refractivity contribution < 1.29 is 18.5 Å². The van der Waals surface area contributed by atoms with E-state index in [0.29, 0.717) is 22.3 Å². The van der Waals surface area contributed by atoms with E-state index in [2.05, 4.69) is 15.3 Å². The maximum atomic E-state index is 13.0. The maximum Gasteiger partial charge on any atom is 0.433 e. The van der Waals surface area contributed by atoms with Gasteiger partial charge in [-0.2, -0.15) is 0 Å². The minimum absolute atomic E-state index is 0.183. The molecule has 134 valence electrons. The summed E-state index contributed by atoms with van der Waals surface area (Å²) in [6.07, 6.45) is 0. The number of aromatic nitrogens is 2. The summed E-state index contributed by atoms with van der Waals surface area (Å²) in [7, 11) is 0. The number of hydrogen-bond donors (Lipinski definition) is 2. The molecular weight excluding hydrogens is 355 g/mol. The summed E-state index contributed by atoms with van der Waals surface area (Å²) >= 11 is 0. The Balaban J connectivity index is 1.69. The van der Waals surface area contributed by atoms with Crippen LogP contribution in [0.4, 0.5) is 16.0 Å². The summed E-state index contributed by atoms with van der Waals surface area (Å²) in [5.41, 5.74) is 1.68. The van der Waals surface area contributed by atoms with Gasteiger partial charge in [0.15, 0.2) is 11.6 Å². The van der Waals surface area contributed by atoms with E-state index in [0.717, 1.165) is 0 Å². The van der Waals surface area contributed by atoms with Gasteiger partial charge in [-0.25, -0.2) is 9.37 Å². The monoisotopic (exact) mass is 366 g/mol. The highest BCUT2D eigenvalue weighted by Crippen LogP contribution is 2.27. The summed E-state index contributed by atoms with van der Waals surface area (Å²) in [5.74, 6) is -0.780. The summed E-state index contributed by atoms with van der Waals surface area (Å²) in [6.45, 7) is 0. The molecule has 0 saturated carbocycles. The first kappa shape index (κ1) is 16.5. The number of furan rings is 1. The number of carbonyl (C=O) groups excluding carboxylic acids is 1. The summed E-state index contributed by atoms with van der Waals surface area (Å²) in [5, 5.41) is 13.4. The Bertz CT molecular complexity index is 1160. The van der Waals surface area contributed by atoms with Crippen molar-refractivity contribution in [2.45, 2.75) is 0 Å². The van der Waals surface area contributed by atoms with E-state index >= 15 is 0 Å². The van der Waals surface area contributed by atoms with Gasteiger partial charge < -0.3 is 14.7 Å². The molecule has 0 aliphatic heterocycles. The molecule has 0 spiro atoms. The molecule has 0 unspecified atom stereocenters. The van der Waals surface area contributed by atoms with E-state index < -0.39 is 22.5 Å². The Hall–Kier alpha value is -4.01. The molecule has 2 aromatic carbocycles. The van der Waals surface area contributed by atoms with Crippen LogP contribution in [0.15, 0.2) is 59.0 Å². The van der Waals surface area contributed by atoms with Crippen molar-refractivity contribution in [3.63, 3.8) is 0 Å². The molecule has 0 bridgehead atoms. The number of aromatic amines is 1. The molecule has 0 atom stereocenters. The van der Waals surface area contributed by atoms with Crippen molar-refractivity contribution in [3.8, 4) is 11.6 Å². The molecule has 2 aromatic heterocycles. The second kappa shape index (κ2) is 6.37. The fourth-order valence-corrected chi connectivity index (χ4v) is 2.62. The first-order valence-corrected chi connectivity index (χ1v) is 7.81. The van der Waals surface area contributed by atoms with Crippen LogP contribution in [-0.2, 0) is 0 Å². The van der Waals surface area contributed by atoms with Gasteiger partial charge in [-0.3, -0.25) is 14.9 Å². The predicted molar refractivity (Wildman–Crippen MR) is 94.8 cm³/mol. The number of anilines is 1. The van der Waals surface area contributed by atoms with Crippen LogP contribution in [0.3, 0.4) is 0 Å². The van der Waals surface area contributed by atoms with Crippen LogP contribution >= 0.6 is 0 Å². The minimum Gasteiger partial charge on any atom is -0.397 e. The second-order valence-electron chi connectivity index (χ2n) is 5.64. The third-order valence-electron chi connectivity index (χ3n) is 3.86. The molecule has 2 heterocycles. The molecule has 0 aliphatic rings. The topological polar surface area (TPSA) is 114 Å². The average Bonchev–Trinajstić information content (AvgIpc) is 3.30. The van der Waals surface area contributed by atoms with Gasteiger partial charge in [0.05, 0.1) is 17.1 Å². The zero-order chi connectivity index (χ0) is 19.0. The molecule has 4 aromatic rings. The number of benzene rings is 2.